The third-order valence-electron chi connectivity index (χ3n) is 4.43. The van der Waals surface area contributed by atoms with Gasteiger partial charge in [0, 0.05) is 40.0 Å². The first kappa shape index (κ1) is 24.3. The van der Waals surface area contributed by atoms with Crippen LogP contribution in [0.25, 0.3) is 0 Å². The smallest absolute Gasteiger partial charge is 0.286 e. The molecule has 0 aliphatic rings. The van der Waals surface area contributed by atoms with Crippen molar-refractivity contribution in [1.29, 1.82) is 0 Å². The quantitative estimate of drug-likeness (QED) is 0.236. The van der Waals surface area contributed by atoms with Crippen LogP contribution < -0.4 is 17.1 Å². The monoisotopic (exact) mass is 415 g/mol. The molecular weight excluding hydrogens is 386 g/mol. The molecule has 1 aromatic rings. The molecule has 1 heterocycles. The van der Waals surface area contributed by atoms with Gasteiger partial charge in [0.2, 0.25) is 11.8 Å². The minimum absolute atomic E-state index is 0.106. The standard InChI is InChI=1S/C17H29N5O7/c1-19(28)13(23)9-5-3-7-11-21-15(25)18-16(26)22(17(21)27)12-8-4-6-10-14(24)20(2)29/h28-29H,3-12H2,1-2H3,(H,18,25,26). The number of H-pyrrole nitrogens is 1. The van der Waals surface area contributed by atoms with Crippen LogP contribution in [0.1, 0.15) is 51.4 Å². The molecule has 0 saturated carbocycles. The molecule has 0 aromatic carbocycles. The average molecular weight is 415 g/mol. The number of hydroxylamine groups is 4. The lowest BCUT2D eigenvalue weighted by Gasteiger charge is -2.10. The van der Waals surface area contributed by atoms with Crippen molar-refractivity contribution in [1.82, 2.24) is 24.2 Å². The number of nitrogens with zero attached hydrogens (tertiary/aromatic N) is 4. The zero-order chi connectivity index (χ0) is 22.0. The molecule has 0 radical (unpaired) electrons. The van der Waals surface area contributed by atoms with Crippen LogP contribution in [-0.4, -0.2) is 60.6 Å². The van der Waals surface area contributed by atoms with Crippen molar-refractivity contribution < 1.29 is 20.0 Å². The summed E-state index contributed by atoms with van der Waals surface area (Å²) in [7, 11) is 2.49. The number of hydrogen-bond acceptors (Lipinski definition) is 7. The highest BCUT2D eigenvalue weighted by atomic mass is 16.5. The van der Waals surface area contributed by atoms with Gasteiger partial charge >= 0.3 is 17.1 Å². The molecular formula is C17H29N5O7. The van der Waals surface area contributed by atoms with Gasteiger partial charge in [-0.05, 0) is 25.7 Å². The summed E-state index contributed by atoms with van der Waals surface area (Å²) in [5.74, 6) is -0.832. The maximum absolute atomic E-state index is 12.5. The number of hydrogen-bond donors (Lipinski definition) is 3. The molecule has 0 atom stereocenters. The first-order valence-electron chi connectivity index (χ1n) is 9.50. The Morgan fingerprint density at radius 1 is 0.759 bits per heavy atom. The molecule has 12 nitrogen and oxygen atoms in total. The van der Waals surface area contributed by atoms with Gasteiger partial charge in [0.15, 0.2) is 0 Å². The van der Waals surface area contributed by atoms with E-state index in [0.29, 0.717) is 48.7 Å². The number of nitrogens with one attached hydrogen (secondary N) is 1. The molecule has 0 aliphatic heterocycles. The fourth-order valence-corrected chi connectivity index (χ4v) is 2.71. The SMILES string of the molecule is CN(O)C(=O)CCCCCn1c(=O)[nH]c(=O)n(CCCCCC(=O)N(C)O)c1=O. The van der Waals surface area contributed by atoms with E-state index in [2.05, 4.69) is 4.98 Å². The molecule has 0 aliphatic carbocycles. The Balaban J connectivity index is 2.58. The molecule has 0 spiro atoms. The predicted octanol–water partition coefficient (Wildman–Crippen LogP) is -0.486. The van der Waals surface area contributed by atoms with E-state index in [4.69, 9.17) is 10.4 Å². The Morgan fingerprint density at radius 2 is 1.14 bits per heavy atom. The van der Waals surface area contributed by atoms with Crippen LogP contribution in [0.4, 0.5) is 0 Å². The molecule has 0 bridgehead atoms. The Bertz CT molecular complexity index is 788. The van der Waals surface area contributed by atoms with Crippen LogP contribution in [0.3, 0.4) is 0 Å². The first-order chi connectivity index (χ1) is 13.6. The first-order valence-corrected chi connectivity index (χ1v) is 9.50. The lowest BCUT2D eigenvalue weighted by atomic mass is 10.2. The van der Waals surface area contributed by atoms with E-state index in [9.17, 15) is 24.0 Å². The summed E-state index contributed by atoms with van der Waals surface area (Å²) in [6.45, 7) is 0.212. The largest absolute Gasteiger partial charge is 0.336 e. The topological polar surface area (TPSA) is 158 Å². The third kappa shape index (κ3) is 8.03. The van der Waals surface area contributed by atoms with Gasteiger partial charge < -0.3 is 0 Å². The lowest BCUT2D eigenvalue weighted by Crippen LogP contribution is -2.49. The molecule has 0 unspecified atom stereocenters. The van der Waals surface area contributed by atoms with Crippen LogP contribution in [-0.2, 0) is 22.7 Å². The molecule has 0 saturated heterocycles. The fraction of sp³-hybridized carbons (Fsp3) is 0.706. The Kier molecular flexibility index (Phi) is 10.0. The van der Waals surface area contributed by atoms with Gasteiger partial charge in [-0.3, -0.25) is 25.0 Å². The zero-order valence-electron chi connectivity index (χ0n) is 16.8. The second kappa shape index (κ2) is 12.0. The van der Waals surface area contributed by atoms with E-state index in [1.54, 1.807) is 0 Å². The zero-order valence-corrected chi connectivity index (χ0v) is 16.8. The molecule has 3 N–H and O–H groups in total. The molecule has 164 valence electrons. The van der Waals surface area contributed by atoms with Crippen molar-refractivity contribution >= 4 is 11.8 Å². The van der Waals surface area contributed by atoms with Crippen LogP contribution in [0.2, 0.25) is 0 Å². The average Bonchev–Trinajstić information content (AvgIpc) is 2.64. The van der Waals surface area contributed by atoms with E-state index in [1.165, 1.54) is 14.1 Å². The van der Waals surface area contributed by atoms with Crippen LogP contribution in [0.5, 0.6) is 0 Å². The number of unbranched alkanes of at least 4 members (excludes halogenated alkanes) is 4. The number of aromatic amines is 1. The van der Waals surface area contributed by atoms with Crippen molar-refractivity contribution in [3.63, 3.8) is 0 Å². The molecule has 1 aromatic heterocycles. The molecule has 12 heteroatoms. The van der Waals surface area contributed by atoms with Crippen LogP contribution in [0.15, 0.2) is 14.4 Å². The normalized spacial score (nSPS) is 10.8. The Labute approximate surface area is 166 Å². The lowest BCUT2D eigenvalue weighted by molar-refractivity contribution is -0.159. The van der Waals surface area contributed by atoms with Gasteiger partial charge in [0.25, 0.3) is 0 Å². The Morgan fingerprint density at radius 3 is 1.48 bits per heavy atom. The van der Waals surface area contributed by atoms with Gasteiger partial charge in [-0.15, -0.1) is 0 Å². The fourth-order valence-electron chi connectivity index (χ4n) is 2.71. The summed E-state index contributed by atoms with van der Waals surface area (Å²) in [6, 6.07) is 0. The number of carbonyl (C=O) groups excluding carboxylic acids is 2. The highest BCUT2D eigenvalue weighted by molar-refractivity contribution is 5.74. The number of carbonyl (C=O) groups is 2. The van der Waals surface area contributed by atoms with Gasteiger partial charge in [-0.2, -0.15) is 0 Å². The minimum Gasteiger partial charge on any atom is -0.286 e. The molecule has 1 rings (SSSR count). The minimum atomic E-state index is -0.779. The Hall–Kier alpha value is -2.73. The maximum Gasteiger partial charge on any atom is 0.336 e. The number of rotatable bonds is 12. The van der Waals surface area contributed by atoms with Crippen LogP contribution in [0, 0.1) is 0 Å². The summed E-state index contributed by atoms with van der Waals surface area (Å²) in [5.41, 5.74) is -2.26. The second-order valence-electron chi connectivity index (χ2n) is 6.78. The summed E-state index contributed by atoms with van der Waals surface area (Å²) in [4.78, 5) is 61.0. The second-order valence-corrected chi connectivity index (χ2v) is 6.78. The summed E-state index contributed by atoms with van der Waals surface area (Å²) >= 11 is 0. The van der Waals surface area contributed by atoms with Gasteiger partial charge in [0.1, 0.15) is 0 Å². The van der Waals surface area contributed by atoms with Crippen LogP contribution >= 0.6 is 0 Å². The predicted molar refractivity (Wildman–Crippen MR) is 102 cm³/mol. The van der Waals surface area contributed by atoms with Crippen molar-refractivity contribution in [3.05, 3.63) is 31.5 Å². The van der Waals surface area contributed by atoms with E-state index in [0.717, 1.165) is 9.13 Å². The summed E-state index contributed by atoms with van der Waals surface area (Å²) in [5, 5.41) is 19.0. The molecule has 0 fully saturated rings. The number of amides is 2. The highest BCUT2D eigenvalue weighted by Crippen LogP contribution is 2.03. The van der Waals surface area contributed by atoms with Gasteiger partial charge in [-0.1, -0.05) is 12.8 Å². The molecule has 29 heavy (non-hydrogen) atoms. The van der Waals surface area contributed by atoms with E-state index in [-0.39, 0.29) is 25.9 Å². The third-order valence-corrected chi connectivity index (χ3v) is 4.43. The summed E-state index contributed by atoms with van der Waals surface area (Å²) in [6.07, 6.45) is 3.37. The van der Waals surface area contributed by atoms with Crippen molar-refractivity contribution in [2.45, 2.75) is 64.5 Å². The van der Waals surface area contributed by atoms with E-state index < -0.39 is 28.9 Å². The van der Waals surface area contributed by atoms with Gasteiger partial charge in [0.05, 0.1) is 0 Å². The van der Waals surface area contributed by atoms with Crippen molar-refractivity contribution in [3.8, 4) is 0 Å². The van der Waals surface area contributed by atoms with Crippen molar-refractivity contribution in [2.75, 3.05) is 14.1 Å². The number of aromatic nitrogens is 3. The van der Waals surface area contributed by atoms with E-state index in [1.807, 2.05) is 0 Å². The molecule has 2 amide bonds. The van der Waals surface area contributed by atoms with Gasteiger partial charge in [-0.25, -0.2) is 33.6 Å². The van der Waals surface area contributed by atoms with Crippen molar-refractivity contribution in [2.24, 2.45) is 0 Å². The maximum atomic E-state index is 12.5. The highest BCUT2D eigenvalue weighted by Gasteiger charge is 2.11. The van der Waals surface area contributed by atoms with E-state index >= 15 is 0 Å². The summed E-state index contributed by atoms with van der Waals surface area (Å²) < 4.78 is 1.90.